The maximum Gasteiger partial charge on any atom is 1.00 e. The van der Waals surface area contributed by atoms with Crippen LogP contribution < -0.4 is 40.2 Å². The molecule has 110 valence electrons. The summed E-state index contributed by atoms with van der Waals surface area (Å²) in [5, 5.41) is 8.77. The third-order valence-electron chi connectivity index (χ3n) is 1.53. The van der Waals surface area contributed by atoms with Gasteiger partial charge in [0, 0.05) is 0 Å². The summed E-state index contributed by atoms with van der Waals surface area (Å²) in [7, 11) is -9.34. The van der Waals surface area contributed by atoms with Crippen LogP contribution in [0.25, 0.3) is 0 Å². The predicted molar refractivity (Wildman–Crippen MR) is 55.9 cm³/mol. The Morgan fingerprint density at radius 3 is 1.61 bits per heavy atom. The second-order valence-electron chi connectivity index (χ2n) is 2.78. The van der Waals surface area contributed by atoms with E-state index in [4.69, 9.17) is 25.5 Å². The number of hydrogen-bond acceptors (Lipinski definition) is 5. The molecule has 0 heterocycles. The van der Waals surface area contributed by atoms with Crippen LogP contribution in [-0.2, 0) is 9.13 Å². The van der Waals surface area contributed by atoms with Crippen molar-refractivity contribution in [2.75, 3.05) is 0 Å². The Hall–Kier alpha value is 1.10. The monoisotopic (exact) mass is 325 g/mol. The molecule has 0 aromatic rings. The van der Waals surface area contributed by atoms with Crippen LogP contribution in [0.15, 0.2) is 0 Å². The van der Waals surface area contributed by atoms with Gasteiger partial charge in [-0.2, -0.15) is 0 Å². The number of hydrogen-bond donors (Lipinski definition) is 5. The van der Waals surface area contributed by atoms with E-state index in [1.165, 1.54) is 0 Å². The topological polar surface area (TPSA) is 259 Å². The Morgan fingerprint density at radius 2 is 1.39 bits per heavy atom. The summed E-state index contributed by atoms with van der Waals surface area (Å²) in [6.07, 6.45) is -0.929. The molecular weight excluding hydrogens is 307 g/mol. The molecule has 0 radical (unpaired) electrons. The Kier molecular flexibility index (Phi) is 20.8. The molecule has 12 N–H and O–H groups in total. The molecule has 0 fully saturated rings. The van der Waals surface area contributed by atoms with Gasteiger partial charge in [-0.15, -0.1) is 0 Å². The normalized spacial score (nSPS) is 16.6. The van der Waals surface area contributed by atoms with E-state index in [1.807, 2.05) is 0 Å². The average Bonchev–Trinajstić information content (AvgIpc) is 1.95. The van der Waals surface area contributed by atoms with Crippen LogP contribution in [0.2, 0.25) is 0 Å². The Labute approximate surface area is 125 Å². The first-order chi connectivity index (χ1) is 6.05. The third-order valence-corrected chi connectivity index (χ3v) is 3.66. The standard InChI is InChI=1S/C4H13NO7P2.Na.3H2O/c5-3(13(7,8)9)1-2-4(6)14(10,11)12;;;;/h3-4,6H,1-2,5H2,(H2,7,8,9)(H2,10,11,12);;3*1H2/q;+1;;;/p-1. The van der Waals surface area contributed by atoms with Gasteiger partial charge in [0.2, 0.25) is 0 Å². The van der Waals surface area contributed by atoms with Crippen molar-refractivity contribution in [2.24, 2.45) is 5.73 Å². The second kappa shape index (κ2) is 11.9. The first kappa shape index (κ1) is 31.5. The van der Waals surface area contributed by atoms with E-state index < -0.39 is 39.7 Å². The van der Waals surface area contributed by atoms with Gasteiger partial charge in [-0.25, -0.2) is 0 Å². The molecule has 0 aromatic heterocycles. The SMILES string of the molecule is NC(CCC(O)P(=O)([O-])O)P(=O)(O)O.O.O.O.[Na+]. The smallest absolute Gasteiger partial charge is 0.777 e. The van der Waals surface area contributed by atoms with E-state index >= 15 is 0 Å². The van der Waals surface area contributed by atoms with Gasteiger partial charge >= 0.3 is 37.2 Å². The van der Waals surface area contributed by atoms with Crippen LogP contribution in [0, 0.1) is 0 Å². The molecule has 11 nitrogen and oxygen atoms in total. The number of aliphatic hydroxyl groups is 1. The zero-order valence-corrected chi connectivity index (χ0v) is 13.3. The minimum absolute atomic E-state index is 0. The first-order valence-electron chi connectivity index (χ1n) is 3.57. The first-order valence-corrected chi connectivity index (χ1v) is 6.90. The van der Waals surface area contributed by atoms with Crippen LogP contribution >= 0.6 is 15.2 Å². The predicted octanol–water partition coefficient (Wildman–Crippen LogP) is -7.38. The third kappa shape index (κ3) is 13.5. The molecule has 0 aliphatic carbocycles. The Morgan fingerprint density at radius 1 is 1.06 bits per heavy atom. The summed E-state index contributed by atoms with van der Waals surface area (Å²) >= 11 is 0. The van der Waals surface area contributed by atoms with Gasteiger partial charge in [-0.05, 0) is 12.8 Å². The summed E-state index contributed by atoms with van der Waals surface area (Å²) in [6, 6.07) is 0. The summed E-state index contributed by atoms with van der Waals surface area (Å²) in [5.74, 6) is -3.58. The zero-order valence-electron chi connectivity index (χ0n) is 9.55. The molecule has 3 unspecified atom stereocenters. The Bertz CT molecular complexity index is 249. The van der Waals surface area contributed by atoms with Crippen molar-refractivity contribution in [3.63, 3.8) is 0 Å². The van der Waals surface area contributed by atoms with Crippen LogP contribution in [0.1, 0.15) is 12.8 Å². The number of nitrogens with two attached hydrogens (primary N) is 1. The molecule has 0 aromatic carbocycles. The van der Waals surface area contributed by atoms with Gasteiger partial charge in [0.15, 0.2) is 7.60 Å². The van der Waals surface area contributed by atoms with E-state index in [2.05, 4.69) is 0 Å². The van der Waals surface area contributed by atoms with Gasteiger partial charge in [0.1, 0.15) is 11.6 Å². The van der Waals surface area contributed by atoms with Crippen LogP contribution in [0.4, 0.5) is 0 Å². The zero-order chi connectivity index (χ0) is 11.6. The maximum absolute atomic E-state index is 10.5. The second-order valence-corrected chi connectivity index (χ2v) is 6.34. The van der Waals surface area contributed by atoms with E-state index in [0.717, 1.165) is 0 Å². The summed E-state index contributed by atoms with van der Waals surface area (Å²) in [5.41, 5.74) is 4.99. The number of rotatable bonds is 5. The summed E-state index contributed by atoms with van der Waals surface area (Å²) in [4.78, 5) is 35.6. The molecule has 0 spiro atoms. The van der Waals surface area contributed by atoms with Crippen molar-refractivity contribution in [1.82, 2.24) is 0 Å². The van der Waals surface area contributed by atoms with Crippen LogP contribution in [0.3, 0.4) is 0 Å². The molecule has 0 amide bonds. The largest absolute Gasteiger partial charge is 1.00 e. The molecule has 0 saturated carbocycles. The van der Waals surface area contributed by atoms with Crippen LogP contribution in [-0.4, -0.2) is 47.8 Å². The fourth-order valence-electron chi connectivity index (χ4n) is 0.651. The molecule has 0 rings (SSSR count). The van der Waals surface area contributed by atoms with Gasteiger partial charge in [0.05, 0.1) is 0 Å². The van der Waals surface area contributed by atoms with Gasteiger partial charge < -0.3 is 51.4 Å². The maximum atomic E-state index is 10.5. The molecule has 14 heteroatoms. The molecule has 0 bridgehead atoms. The van der Waals surface area contributed by atoms with Gasteiger partial charge in [0.25, 0.3) is 0 Å². The average molecular weight is 325 g/mol. The quantitative estimate of drug-likeness (QED) is 0.239. The molecule has 0 saturated heterocycles. The van der Waals surface area contributed by atoms with Crippen LogP contribution in [0.5, 0.6) is 0 Å². The van der Waals surface area contributed by atoms with Crippen molar-refractivity contribution in [2.45, 2.75) is 24.5 Å². The van der Waals surface area contributed by atoms with E-state index in [9.17, 15) is 14.0 Å². The molecule has 18 heavy (non-hydrogen) atoms. The van der Waals surface area contributed by atoms with Crippen molar-refractivity contribution in [3.05, 3.63) is 0 Å². The van der Waals surface area contributed by atoms with Crippen molar-refractivity contribution in [3.8, 4) is 0 Å². The summed E-state index contributed by atoms with van der Waals surface area (Å²) in [6.45, 7) is 0. The Balaban J connectivity index is -0.000000141. The van der Waals surface area contributed by atoms with E-state index in [0.29, 0.717) is 0 Å². The van der Waals surface area contributed by atoms with E-state index in [-0.39, 0.29) is 46.0 Å². The van der Waals surface area contributed by atoms with Crippen molar-refractivity contribution < 1.29 is 79.8 Å². The fraction of sp³-hybridized carbons (Fsp3) is 1.00. The minimum atomic E-state index is -4.87. The van der Waals surface area contributed by atoms with E-state index in [1.54, 1.807) is 0 Å². The molecule has 0 aliphatic rings. The van der Waals surface area contributed by atoms with Gasteiger partial charge in [-0.1, -0.05) is 0 Å². The van der Waals surface area contributed by atoms with Crippen molar-refractivity contribution >= 4 is 15.2 Å². The fourth-order valence-corrected chi connectivity index (χ4v) is 1.61. The minimum Gasteiger partial charge on any atom is -0.777 e. The van der Waals surface area contributed by atoms with Gasteiger partial charge in [-0.3, -0.25) is 4.57 Å². The molecule has 0 aliphatic heterocycles. The summed E-state index contributed by atoms with van der Waals surface area (Å²) < 4.78 is 20.8. The van der Waals surface area contributed by atoms with Crippen molar-refractivity contribution in [1.29, 1.82) is 0 Å². The molecular formula is C4H18NNaO10P2. The number of aliphatic hydroxyl groups excluding tert-OH is 1. The molecule has 3 atom stereocenters.